The van der Waals surface area contributed by atoms with Gasteiger partial charge in [0, 0.05) is 37.8 Å². The van der Waals surface area contributed by atoms with Crippen LogP contribution >= 0.6 is 0 Å². The minimum Gasteiger partial charge on any atom is -0.327 e. The van der Waals surface area contributed by atoms with Gasteiger partial charge in [-0.25, -0.2) is 15.0 Å². The van der Waals surface area contributed by atoms with Gasteiger partial charge in [-0.05, 0) is 18.6 Å². The molecule has 0 spiro atoms. The first-order chi connectivity index (χ1) is 13.0. The van der Waals surface area contributed by atoms with Crippen molar-refractivity contribution in [2.45, 2.75) is 45.6 Å². The third kappa shape index (κ3) is 3.53. The van der Waals surface area contributed by atoms with Crippen molar-refractivity contribution in [3.8, 4) is 0 Å². The molecule has 1 aliphatic rings. The number of hydrogen-bond donors (Lipinski definition) is 0. The molecule has 142 valence electrons. The van der Waals surface area contributed by atoms with Crippen LogP contribution in [0.1, 0.15) is 36.3 Å². The molecule has 3 aromatic rings. The molecule has 0 saturated heterocycles. The van der Waals surface area contributed by atoms with Crippen molar-refractivity contribution in [1.82, 2.24) is 24.4 Å². The summed E-state index contributed by atoms with van der Waals surface area (Å²) in [6.07, 6.45) is -1.71. The molecule has 0 N–H and O–H groups in total. The summed E-state index contributed by atoms with van der Waals surface area (Å²) in [5.41, 5.74) is 3.34. The number of nitrogens with zero attached hydrogens (tertiary/aromatic N) is 5. The molecule has 0 unspecified atom stereocenters. The molecule has 4 rings (SSSR count). The van der Waals surface area contributed by atoms with E-state index in [9.17, 15) is 13.2 Å². The molecule has 0 fully saturated rings. The van der Waals surface area contributed by atoms with Crippen LogP contribution in [0.5, 0.6) is 0 Å². The topological polar surface area (TPSA) is 46.8 Å². The average molecular weight is 375 g/mol. The Kier molecular flexibility index (Phi) is 4.59. The van der Waals surface area contributed by atoms with Crippen molar-refractivity contribution < 1.29 is 13.2 Å². The molecule has 0 radical (unpaired) electrons. The zero-order chi connectivity index (χ0) is 19.0. The van der Waals surface area contributed by atoms with Crippen LogP contribution in [-0.4, -0.2) is 31.0 Å². The third-order valence-electron chi connectivity index (χ3n) is 4.81. The van der Waals surface area contributed by atoms with Gasteiger partial charge in [0.05, 0.1) is 23.3 Å². The van der Waals surface area contributed by atoms with Gasteiger partial charge in [-0.3, -0.25) is 4.90 Å². The van der Waals surface area contributed by atoms with Gasteiger partial charge in [0.25, 0.3) is 0 Å². The van der Waals surface area contributed by atoms with Crippen molar-refractivity contribution >= 4 is 11.0 Å². The number of rotatable bonds is 4. The molecule has 8 heteroatoms. The number of benzene rings is 1. The van der Waals surface area contributed by atoms with Gasteiger partial charge in [0.1, 0.15) is 5.82 Å². The second kappa shape index (κ2) is 6.92. The summed E-state index contributed by atoms with van der Waals surface area (Å²) < 4.78 is 40.6. The van der Waals surface area contributed by atoms with E-state index in [0.29, 0.717) is 31.7 Å². The largest absolute Gasteiger partial charge is 0.451 e. The van der Waals surface area contributed by atoms with E-state index in [0.717, 1.165) is 35.4 Å². The Morgan fingerprint density at radius 2 is 1.96 bits per heavy atom. The summed E-state index contributed by atoms with van der Waals surface area (Å²) >= 11 is 0. The van der Waals surface area contributed by atoms with E-state index < -0.39 is 12.0 Å². The SMILES string of the molecule is CCCn1c(CN2CCc3nc(C(F)(F)F)ncc3C2)nc2ccccc21. The van der Waals surface area contributed by atoms with Crippen LogP contribution in [-0.2, 0) is 32.2 Å². The van der Waals surface area contributed by atoms with Crippen LogP contribution in [0.4, 0.5) is 13.2 Å². The number of alkyl halides is 3. The standard InChI is InChI=1S/C19H20F3N5/c1-2-8-27-16-6-4-3-5-15(16)24-17(27)12-26-9-7-14-13(11-26)10-23-18(25-14)19(20,21)22/h3-6,10H,2,7-9,11-12H2,1H3. The maximum atomic E-state index is 12.8. The zero-order valence-electron chi connectivity index (χ0n) is 15.0. The van der Waals surface area contributed by atoms with Gasteiger partial charge in [-0.15, -0.1) is 0 Å². The highest BCUT2D eigenvalue weighted by Crippen LogP contribution is 2.28. The highest BCUT2D eigenvalue weighted by Gasteiger charge is 2.35. The predicted octanol–water partition coefficient (Wildman–Crippen LogP) is 3.81. The molecular formula is C19H20F3N5. The predicted molar refractivity (Wildman–Crippen MR) is 94.9 cm³/mol. The molecule has 1 aromatic carbocycles. The van der Waals surface area contributed by atoms with Gasteiger partial charge in [-0.1, -0.05) is 19.1 Å². The van der Waals surface area contributed by atoms with Crippen LogP contribution < -0.4 is 0 Å². The van der Waals surface area contributed by atoms with Crippen molar-refractivity contribution in [3.05, 3.63) is 53.4 Å². The number of aryl methyl sites for hydroxylation is 1. The number of fused-ring (bicyclic) bond motifs is 2. The van der Waals surface area contributed by atoms with Gasteiger partial charge in [0.2, 0.25) is 5.82 Å². The Bertz CT molecular complexity index is 964. The van der Waals surface area contributed by atoms with Crippen molar-refractivity contribution in [2.75, 3.05) is 6.54 Å². The summed E-state index contributed by atoms with van der Waals surface area (Å²) in [7, 11) is 0. The second-order valence-corrected chi connectivity index (χ2v) is 6.79. The quantitative estimate of drug-likeness (QED) is 0.696. The lowest BCUT2D eigenvalue weighted by Crippen LogP contribution is -2.32. The smallest absolute Gasteiger partial charge is 0.327 e. The van der Waals surface area contributed by atoms with Gasteiger partial charge < -0.3 is 4.57 Å². The van der Waals surface area contributed by atoms with Crippen molar-refractivity contribution in [2.24, 2.45) is 0 Å². The maximum absolute atomic E-state index is 12.8. The number of halogens is 3. The lowest BCUT2D eigenvalue weighted by molar-refractivity contribution is -0.145. The molecule has 3 heterocycles. The normalized spacial score (nSPS) is 15.3. The fourth-order valence-electron chi connectivity index (χ4n) is 3.57. The Labute approximate surface area is 154 Å². The zero-order valence-corrected chi connectivity index (χ0v) is 15.0. The first kappa shape index (κ1) is 17.9. The average Bonchev–Trinajstić information content (AvgIpc) is 2.98. The monoisotopic (exact) mass is 375 g/mol. The second-order valence-electron chi connectivity index (χ2n) is 6.79. The van der Waals surface area contributed by atoms with Crippen LogP contribution in [0, 0.1) is 0 Å². The van der Waals surface area contributed by atoms with Crippen LogP contribution in [0.15, 0.2) is 30.5 Å². The maximum Gasteiger partial charge on any atom is 0.451 e. The molecule has 2 aromatic heterocycles. The summed E-state index contributed by atoms with van der Waals surface area (Å²) in [5, 5.41) is 0. The molecule has 1 aliphatic heterocycles. The van der Waals surface area contributed by atoms with Crippen LogP contribution in [0.25, 0.3) is 11.0 Å². The van der Waals surface area contributed by atoms with Crippen molar-refractivity contribution in [1.29, 1.82) is 0 Å². The fraction of sp³-hybridized carbons (Fsp3) is 0.421. The highest BCUT2D eigenvalue weighted by atomic mass is 19.4. The Morgan fingerprint density at radius 3 is 2.74 bits per heavy atom. The number of aromatic nitrogens is 4. The molecule has 0 saturated carbocycles. The molecule has 0 amide bonds. The van der Waals surface area contributed by atoms with Crippen LogP contribution in [0.2, 0.25) is 0 Å². The van der Waals surface area contributed by atoms with E-state index in [1.807, 2.05) is 18.2 Å². The van der Waals surface area contributed by atoms with E-state index >= 15 is 0 Å². The van der Waals surface area contributed by atoms with Crippen molar-refractivity contribution in [3.63, 3.8) is 0 Å². The minimum absolute atomic E-state index is 0.481. The minimum atomic E-state index is -4.50. The first-order valence-electron chi connectivity index (χ1n) is 9.04. The number of imidazole rings is 1. The number of hydrogen-bond acceptors (Lipinski definition) is 4. The fourth-order valence-corrected chi connectivity index (χ4v) is 3.57. The molecule has 27 heavy (non-hydrogen) atoms. The van der Waals surface area contributed by atoms with Crippen LogP contribution in [0.3, 0.4) is 0 Å². The molecule has 5 nitrogen and oxygen atoms in total. The Hall–Kier alpha value is -2.48. The molecule has 0 aliphatic carbocycles. The Balaban J connectivity index is 1.57. The summed E-state index contributed by atoms with van der Waals surface area (Å²) in [6.45, 7) is 4.85. The van der Waals surface area contributed by atoms with Gasteiger partial charge in [-0.2, -0.15) is 13.2 Å². The lowest BCUT2D eigenvalue weighted by atomic mass is 10.1. The molecule has 0 atom stereocenters. The van der Waals surface area contributed by atoms with E-state index in [1.54, 1.807) is 0 Å². The van der Waals surface area contributed by atoms with E-state index in [2.05, 4.69) is 32.4 Å². The van der Waals surface area contributed by atoms with E-state index in [-0.39, 0.29) is 0 Å². The molecule has 0 bridgehead atoms. The van der Waals surface area contributed by atoms with Gasteiger partial charge in [0.15, 0.2) is 0 Å². The first-order valence-corrected chi connectivity index (χ1v) is 9.04. The third-order valence-corrected chi connectivity index (χ3v) is 4.81. The highest BCUT2D eigenvalue weighted by molar-refractivity contribution is 5.75. The summed E-state index contributed by atoms with van der Waals surface area (Å²) in [5.74, 6) is -0.0752. The lowest BCUT2D eigenvalue weighted by Gasteiger charge is -2.28. The summed E-state index contributed by atoms with van der Waals surface area (Å²) in [6, 6.07) is 8.05. The van der Waals surface area contributed by atoms with E-state index in [4.69, 9.17) is 4.98 Å². The number of para-hydroxylation sites is 2. The molecular weight excluding hydrogens is 355 g/mol. The summed E-state index contributed by atoms with van der Waals surface area (Å²) in [4.78, 5) is 14.2. The van der Waals surface area contributed by atoms with Gasteiger partial charge >= 0.3 is 6.18 Å². The Morgan fingerprint density at radius 1 is 1.15 bits per heavy atom. The van der Waals surface area contributed by atoms with E-state index in [1.165, 1.54) is 6.20 Å².